The standard InChI is InChI=1S/C15H19F3N2O/c1-19(10-11-20-8-2-3-9-20)14(21)12-4-6-13(7-5-12)15(16,17)18/h4-7H,2-3,8-11H2,1H3. The fourth-order valence-corrected chi connectivity index (χ4v) is 2.42. The molecule has 1 amide bonds. The lowest BCUT2D eigenvalue weighted by atomic mass is 10.1. The number of likely N-dealkylation sites (N-methyl/N-ethyl adjacent to an activating group) is 1. The highest BCUT2D eigenvalue weighted by Crippen LogP contribution is 2.29. The largest absolute Gasteiger partial charge is 0.416 e. The van der Waals surface area contributed by atoms with E-state index >= 15 is 0 Å². The molecule has 3 nitrogen and oxygen atoms in total. The first-order valence-corrected chi connectivity index (χ1v) is 7.03. The number of carbonyl (C=O) groups is 1. The second-order valence-corrected chi connectivity index (χ2v) is 5.35. The zero-order valence-electron chi connectivity index (χ0n) is 12.0. The van der Waals surface area contributed by atoms with Crippen molar-refractivity contribution in [3.63, 3.8) is 0 Å². The molecule has 1 aliphatic heterocycles. The SMILES string of the molecule is CN(CCN1CCCC1)C(=O)c1ccc(C(F)(F)F)cc1. The lowest BCUT2D eigenvalue weighted by molar-refractivity contribution is -0.137. The molecule has 1 fully saturated rings. The average molecular weight is 300 g/mol. The number of rotatable bonds is 4. The van der Waals surface area contributed by atoms with E-state index in [0.29, 0.717) is 6.54 Å². The van der Waals surface area contributed by atoms with Gasteiger partial charge >= 0.3 is 6.18 Å². The van der Waals surface area contributed by atoms with Crippen LogP contribution in [0.1, 0.15) is 28.8 Å². The van der Waals surface area contributed by atoms with Crippen LogP contribution in [0, 0.1) is 0 Å². The molecule has 0 aliphatic carbocycles. The van der Waals surface area contributed by atoms with Crippen LogP contribution in [0.3, 0.4) is 0 Å². The van der Waals surface area contributed by atoms with E-state index in [0.717, 1.165) is 31.8 Å². The number of amides is 1. The quantitative estimate of drug-likeness (QED) is 0.853. The zero-order chi connectivity index (χ0) is 15.5. The Morgan fingerprint density at radius 2 is 1.76 bits per heavy atom. The molecule has 0 saturated carbocycles. The predicted molar refractivity (Wildman–Crippen MR) is 74.1 cm³/mol. The number of alkyl halides is 3. The molecular formula is C15H19F3N2O. The highest BCUT2D eigenvalue weighted by Gasteiger charge is 2.30. The molecule has 1 aromatic carbocycles. The molecule has 0 atom stereocenters. The summed E-state index contributed by atoms with van der Waals surface area (Å²) in [7, 11) is 1.68. The summed E-state index contributed by atoms with van der Waals surface area (Å²) in [6.07, 6.45) is -1.99. The van der Waals surface area contributed by atoms with Crippen LogP contribution in [-0.2, 0) is 6.18 Å². The Labute approximate surface area is 122 Å². The Kier molecular flexibility index (Phi) is 4.88. The lowest BCUT2D eigenvalue weighted by Crippen LogP contribution is -2.35. The monoisotopic (exact) mass is 300 g/mol. The second-order valence-electron chi connectivity index (χ2n) is 5.35. The molecule has 0 bridgehead atoms. The fraction of sp³-hybridized carbons (Fsp3) is 0.533. The van der Waals surface area contributed by atoms with Gasteiger partial charge in [-0.3, -0.25) is 4.79 Å². The molecule has 1 heterocycles. The van der Waals surface area contributed by atoms with Gasteiger partial charge in [-0.1, -0.05) is 0 Å². The predicted octanol–water partition coefficient (Wildman–Crippen LogP) is 2.87. The van der Waals surface area contributed by atoms with Gasteiger partial charge in [0.2, 0.25) is 0 Å². The van der Waals surface area contributed by atoms with E-state index in [-0.39, 0.29) is 11.5 Å². The van der Waals surface area contributed by atoms with Crippen LogP contribution in [0.25, 0.3) is 0 Å². The molecule has 0 unspecified atom stereocenters. The summed E-state index contributed by atoms with van der Waals surface area (Å²) in [6, 6.07) is 4.36. The van der Waals surface area contributed by atoms with E-state index < -0.39 is 11.7 Å². The maximum Gasteiger partial charge on any atom is 0.416 e. The van der Waals surface area contributed by atoms with Crippen molar-refractivity contribution < 1.29 is 18.0 Å². The van der Waals surface area contributed by atoms with E-state index in [9.17, 15) is 18.0 Å². The van der Waals surface area contributed by atoms with E-state index in [2.05, 4.69) is 4.90 Å². The molecule has 0 radical (unpaired) electrons. The summed E-state index contributed by atoms with van der Waals surface area (Å²) in [5.74, 6) is -0.247. The summed E-state index contributed by atoms with van der Waals surface area (Å²) in [4.78, 5) is 16.0. The van der Waals surface area contributed by atoms with Crippen molar-refractivity contribution in [1.82, 2.24) is 9.80 Å². The van der Waals surface area contributed by atoms with Gasteiger partial charge in [-0.05, 0) is 50.2 Å². The van der Waals surface area contributed by atoms with Gasteiger partial charge in [-0.25, -0.2) is 0 Å². The van der Waals surface area contributed by atoms with Crippen LogP contribution in [0.5, 0.6) is 0 Å². The highest BCUT2D eigenvalue weighted by molar-refractivity contribution is 5.94. The van der Waals surface area contributed by atoms with Crippen molar-refractivity contribution in [1.29, 1.82) is 0 Å². The highest BCUT2D eigenvalue weighted by atomic mass is 19.4. The van der Waals surface area contributed by atoms with Crippen molar-refractivity contribution in [2.24, 2.45) is 0 Å². The molecule has 6 heteroatoms. The maximum absolute atomic E-state index is 12.5. The van der Waals surface area contributed by atoms with Gasteiger partial charge in [0.25, 0.3) is 5.91 Å². The van der Waals surface area contributed by atoms with Crippen molar-refractivity contribution >= 4 is 5.91 Å². The van der Waals surface area contributed by atoms with Crippen LogP contribution in [0.2, 0.25) is 0 Å². The minimum Gasteiger partial charge on any atom is -0.340 e. The van der Waals surface area contributed by atoms with Crippen LogP contribution < -0.4 is 0 Å². The number of nitrogens with zero attached hydrogens (tertiary/aromatic N) is 2. The summed E-state index contributed by atoms with van der Waals surface area (Å²) in [5, 5.41) is 0. The number of hydrogen-bond acceptors (Lipinski definition) is 2. The third-order valence-corrected chi connectivity index (χ3v) is 3.76. The molecule has 1 aliphatic rings. The van der Waals surface area contributed by atoms with Crippen molar-refractivity contribution in [2.75, 3.05) is 33.2 Å². The maximum atomic E-state index is 12.5. The van der Waals surface area contributed by atoms with Crippen LogP contribution >= 0.6 is 0 Å². The number of carbonyl (C=O) groups excluding carboxylic acids is 1. The van der Waals surface area contributed by atoms with Gasteiger partial charge in [-0.15, -0.1) is 0 Å². The van der Waals surface area contributed by atoms with Crippen LogP contribution in [0.15, 0.2) is 24.3 Å². The Morgan fingerprint density at radius 1 is 1.19 bits per heavy atom. The van der Waals surface area contributed by atoms with E-state index in [1.54, 1.807) is 11.9 Å². The molecule has 1 saturated heterocycles. The summed E-state index contributed by atoms with van der Waals surface area (Å²) in [6.45, 7) is 3.51. The molecule has 2 rings (SSSR count). The first kappa shape index (κ1) is 15.8. The number of likely N-dealkylation sites (tertiary alicyclic amines) is 1. The summed E-state index contributed by atoms with van der Waals surface area (Å²) < 4.78 is 37.4. The molecule has 0 N–H and O–H groups in total. The van der Waals surface area contributed by atoms with Gasteiger partial charge in [0.05, 0.1) is 5.56 Å². The summed E-state index contributed by atoms with van der Waals surface area (Å²) in [5.41, 5.74) is -0.453. The Bertz CT molecular complexity index is 479. The van der Waals surface area contributed by atoms with E-state index in [1.807, 2.05) is 0 Å². The molecular weight excluding hydrogens is 281 g/mol. The van der Waals surface area contributed by atoms with E-state index in [1.165, 1.54) is 25.0 Å². The topological polar surface area (TPSA) is 23.6 Å². The van der Waals surface area contributed by atoms with Crippen LogP contribution in [-0.4, -0.2) is 48.9 Å². The second kappa shape index (κ2) is 6.47. The smallest absolute Gasteiger partial charge is 0.340 e. The first-order chi connectivity index (χ1) is 9.88. The number of halogens is 3. The fourth-order valence-electron chi connectivity index (χ4n) is 2.42. The zero-order valence-corrected chi connectivity index (χ0v) is 12.0. The molecule has 0 spiro atoms. The Balaban J connectivity index is 1.92. The van der Waals surface area contributed by atoms with Crippen molar-refractivity contribution in [3.05, 3.63) is 35.4 Å². The Hall–Kier alpha value is -1.56. The molecule has 116 valence electrons. The third kappa shape index (κ3) is 4.20. The summed E-state index contributed by atoms with van der Waals surface area (Å²) >= 11 is 0. The van der Waals surface area contributed by atoms with E-state index in [4.69, 9.17) is 0 Å². The third-order valence-electron chi connectivity index (χ3n) is 3.76. The average Bonchev–Trinajstić information content (AvgIpc) is 2.96. The minimum atomic E-state index is -4.37. The van der Waals surface area contributed by atoms with Gasteiger partial charge in [0.15, 0.2) is 0 Å². The van der Waals surface area contributed by atoms with Crippen LogP contribution in [0.4, 0.5) is 13.2 Å². The Morgan fingerprint density at radius 3 is 2.29 bits per heavy atom. The van der Waals surface area contributed by atoms with Gasteiger partial charge in [0.1, 0.15) is 0 Å². The normalized spacial score (nSPS) is 16.2. The number of benzene rings is 1. The van der Waals surface area contributed by atoms with Crippen molar-refractivity contribution in [3.8, 4) is 0 Å². The van der Waals surface area contributed by atoms with Gasteiger partial charge < -0.3 is 9.80 Å². The molecule has 0 aromatic heterocycles. The van der Waals surface area contributed by atoms with Gasteiger partial charge in [-0.2, -0.15) is 13.2 Å². The number of hydrogen-bond donors (Lipinski definition) is 0. The lowest BCUT2D eigenvalue weighted by Gasteiger charge is -2.21. The molecule has 1 aromatic rings. The minimum absolute atomic E-state index is 0.247. The van der Waals surface area contributed by atoms with Gasteiger partial charge in [0, 0.05) is 25.7 Å². The molecule has 21 heavy (non-hydrogen) atoms. The van der Waals surface area contributed by atoms with Crippen molar-refractivity contribution in [2.45, 2.75) is 19.0 Å². The first-order valence-electron chi connectivity index (χ1n) is 7.03.